The lowest BCUT2D eigenvalue weighted by Crippen LogP contribution is -2.19. The van der Waals surface area contributed by atoms with Crippen molar-refractivity contribution >= 4 is 11.6 Å². The molecule has 0 spiro atoms. The predicted molar refractivity (Wildman–Crippen MR) is 120 cm³/mol. The number of rotatable bonds is 6. The van der Waals surface area contributed by atoms with Crippen molar-refractivity contribution in [2.45, 2.75) is 19.1 Å². The van der Waals surface area contributed by atoms with Crippen LogP contribution in [0, 0.1) is 5.82 Å². The van der Waals surface area contributed by atoms with E-state index in [1.165, 1.54) is 29.9 Å². The van der Waals surface area contributed by atoms with Gasteiger partial charge in [-0.2, -0.15) is 5.10 Å². The first-order valence-electron chi connectivity index (χ1n) is 10.8. The first-order chi connectivity index (χ1) is 16.5. The number of nitrogens with one attached hydrogen (secondary N) is 1. The lowest BCUT2D eigenvalue weighted by Gasteiger charge is -2.15. The number of aliphatic hydroxyl groups excluding tert-OH is 1. The van der Waals surface area contributed by atoms with Gasteiger partial charge in [-0.15, -0.1) is 5.10 Å². The van der Waals surface area contributed by atoms with Gasteiger partial charge in [-0.05, 0) is 18.2 Å². The second kappa shape index (κ2) is 8.84. The highest BCUT2D eigenvalue weighted by atomic mass is 19.1. The number of carbonyl (C=O) groups excluding carboxylic acids is 1. The molecule has 10 nitrogen and oxygen atoms in total. The van der Waals surface area contributed by atoms with Crippen molar-refractivity contribution in [3.63, 3.8) is 0 Å². The molecule has 0 unspecified atom stereocenters. The Morgan fingerprint density at radius 2 is 2.18 bits per heavy atom. The highest BCUT2D eigenvalue weighted by molar-refractivity contribution is 5.95. The Morgan fingerprint density at radius 3 is 2.85 bits per heavy atom. The SMILES string of the molecule is CNC(=O)c1cc(CO)c(F)c(-c2cnc3cc(-c4cnn(C)c4)c(O[C@H]4CCOC4)nn23)c1. The Hall–Kier alpha value is -3.83. The van der Waals surface area contributed by atoms with Crippen LogP contribution in [0.2, 0.25) is 0 Å². The van der Waals surface area contributed by atoms with E-state index in [2.05, 4.69) is 20.5 Å². The molecule has 1 atom stereocenters. The summed E-state index contributed by atoms with van der Waals surface area (Å²) in [7, 11) is 3.30. The number of ether oxygens (including phenoxy) is 2. The maximum absolute atomic E-state index is 15.3. The number of aryl methyl sites for hydroxylation is 1. The van der Waals surface area contributed by atoms with E-state index in [1.807, 2.05) is 13.2 Å². The summed E-state index contributed by atoms with van der Waals surface area (Å²) in [5.41, 5.74) is 2.57. The van der Waals surface area contributed by atoms with Crippen LogP contribution in [0.3, 0.4) is 0 Å². The molecule has 0 saturated carbocycles. The van der Waals surface area contributed by atoms with E-state index in [9.17, 15) is 9.90 Å². The quantitative estimate of drug-likeness (QED) is 0.446. The summed E-state index contributed by atoms with van der Waals surface area (Å²) in [5, 5.41) is 21.1. The molecular formula is C23H23FN6O4. The van der Waals surface area contributed by atoms with E-state index in [0.717, 1.165) is 12.0 Å². The zero-order valence-electron chi connectivity index (χ0n) is 18.7. The second-order valence-electron chi connectivity index (χ2n) is 8.02. The Balaban J connectivity index is 1.69. The van der Waals surface area contributed by atoms with E-state index in [1.54, 1.807) is 16.9 Å². The van der Waals surface area contributed by atoms with Crippen molar-refractivity contribution < 1.29 is 23.8 Å². The van der Waals surface area contributed by atoms with E-state index >= 15 is 4.39 Å². The molecule has 1 aromatic carbocycles. The first kappa shape index (κ1) is 22.0. The number of carbonyl (C=O) groups is 1. The van der Waals surface area contributed by atoms with Crippen LogP contribution in [0.25, 0.3) is 28.0 Å². The molecule has 5 rings (SSSR count). The van der Waals surface area contributed by atoms with Crippen LogP contribution in [0.1, 0.15) is 22.3 Å². The monoisotopic (exact) mass is 466 g/mol. The molecule has 1 aliphatic heterocycles. The van der Waals surface area contributed by atoms with Crippen molar-refractivity contribution in [3.05, 3.63) is 53.7 Å². The van der Waals surface area contributed by atoms with Crippen LogP contribution in [-0.4, -0.2) is 61.8 Å². The third-order valence-electron chi connectivity index (χ3n) is 5.72. The highest BCUT2D eigenvalue weighted by Gasteiger charge is 2.24. The normalized spacial score (nSPS) is 15.7. The molecule has 1 amide bonds. The number of aliphatic hydroxyl groups is 1. The van der Waals surface area contributed by atoms with Gasteiger partial charge in [-0.1, -0.05) is 0 Å². The molecule has 1 fully saturated rings. The summed E-state index contributed by atoms with van der Waals surface area (Å²) in [5.74, 6) is -0.718. The lowest BCUT2D eigenvalue weighted by molar-refractivity contribution is 0.0963. The molecule has 11 heteroatoms. The number of amides is 1. The number of imidazole rings is 1. The number of halogens is 1. The number of benzene rings is 1. The third kappa shape index (κ3) is 3.88. The molecule has 1 saturated heterocycles. The Bertz CT molecular complexity index is 1380. The maximum atomic E-state index is 15.3. The molecule has 0 bridgehead atoms. The highest BCUT2D eigenvalue weighted by Crippen LogP contribution is 2.33. The smallest absolute Gasteiger partial charge is 0.251 e. The fraction of sp³-hybridized carbons (Fsp3) is 0.304. The van der Waals surface area contributed by atoms with Gasteiger partial charge in [0.2, 0.25) is 5.88 Å². The Kier molecular flexibility index (Phi) is 5.72. The minimum absolute atomic E-state index is 0.00221. The zero-order chi connectivity index (χ0) is 23.8. The van der Waals surface area contributed by atoms with E-state index in [0.29, 0.717) is 36.0 Å². The Labute approximate surface area is 193 Å². The molecule has 34 heavy (non-hydrogen) atoms. The van der Waals surface area contributed by atoms with Gasteiger partial charge in [0, 0.05) is 49.0 Å². The van der Waals surface area contributed by atoms with Crippen LogP contribution in [0.5, 0.6) is 5.88 Å². The summed E-state index contributed by atoms with van der Waals surface area (Å²) >= 11 is 0. The minimum Gasteiger partial charge on any atom is -0.470 e. The van der Waals surface area contributed by atoms with Crippen LogP contribution in [0.4, 0.5) is 4.39 Å². The zero-order valence-corrected chi connectivity index (χ0v) is 18.7. The Morgan fingerprint density at radius 1 is 1.32 bits per heavy atom. The van der Waals surface area contributed by atoms with Crippen molar-refractivity contribution in [2.75, 3.05) is 20.3 Å². The molecular weight excluding hydrogens is 443 g/mol. The number of hydrogen-bond acceptors (Lipinski definition) is 7. The topological polar surface area (TPSA) is 116 Å². The van der Waals surface area contributed by atoms with Gasteiger partial charge in [0.05, 0.1) is 43.5 Å². The lowest BCUT2D eigenvalue weighted by atomic mass is 10.0. The molecule has 0 aliphatic carbocycles. The van der Waals surface area contributed by atoms with Gasteiger partial charge in [-0.25, -0.2) is 13.9 Å². The van der Waals surface area contributed by atoms with E-state index < -0.39 is 18.3 Å². The molecule has 176 valence electrons. The molecule has 4 aromatic rings. The molecule has 1 aliphatic rings. The molecule has 4 heterocycles. The largest absolute Gasteiger partial charge is 0.470 e. The number of aromatic nitrogens is 5. The minimum atomic E-state index is -0.651. The third-order valence-corrected chi connectivity index (χ3v) is 5.72. The van der Waals surface area contributed by atoms with Crippen molar-refractivity contribution in [1.82, 2.24) is 29.7 Å². The molecule has 3 aromatic heterocycles. The summed E-state index contributed by atoms with van der Waals surface area (Å²) < 4.78 is 30.0. The van der Waals surface area contributed by atoms with Crippen LogP contribution in [-0.2, 0) is 18.4 Å². The van der Waals surface area contributed by atoms with Gasteiger partial charge in [-0.3, -0.25) is 9.48 Å². The van der Waals surface area contributed by atoms with Gasteiger partial charge in [0.1, 0.15) is 11.9 Å². The van der Waals surface area contributed by atoms with Crippen LogP contribution < -0.4 is 10.1 Å². The molecule has 2 N–H and O–H groups in total. The number of nitrogens with zero attached hydrogens (tertiary/aromatic N) is 5. The summed E-state index contributed by atoms with van der Waals surface area (Å²) in [6.45, 7) is 0.494. The molecule has 0 radical (unpaired) electrons. The van der Waals surface area contributed by atoms with Gasteiger partial charge in [0.15, 0.2) is 5.65 Å². The van der Waals surface area contributed by atoms with Crippen molar-refractivity contribution in [3.8, 4) is 28.3 Å². The number of fused-ring (bicyclic) bond motifs is 1. The van der Waals surface area contributed by atoms with Gasteiger partial charge >= 0.3 is 0 Å². The average Bonchev–Trinajstić information content (AvgIpc) is 3.60. The van der Waals surface area contributed by atoms with Crippen molar-refractivity contribution in [1.29, 1.82) is 0 Å². The van der Waals surface area contributed by atoms with Crippen LogP contribution in [0.15, 0.2) is 36.8 Å². The summed E-state index contributed by atoms with van der Waals surface area (Å²) in [6, 6.07) is 4.54. The summed E-state index contributed by atoms with van der Waals surface area (Å²) in [4.78, 5) is 16.7. The van der Waals surface area contributed by atoms with E-state index in [-0.39, 0.29) is 22.8 Å². The average molecular weight is 466 g/mol. The second-order valence-corrected chi connectivity index (χ2v) is 8.02. The maximum Gasteiger partial charge on any atom is 0.251 e. The standard InChI is InChI=1S/C23H23FN6O4/c1-25-22(32)13-5-14(11-31)21(24)18(6-13)19-9-26-20-7-17(15-8-27-29(2)10-15)23(28-30(19)20)34-16-3-4-33-12-16/h5-10,16,31H,3-4,11-12H2,1-2H3,(H,25,32)/t16-/m0/s1. The van der Waals surface area contributed by atoms with Crippen molar-refractivity contribution in [2.24, 2.45) is 7.05 Å². The fourth-order valence-corrected chi connectivity index (χ4v) is 3.96. The number of hydrogen-bond donors (Lipinski definition) is 2. The van der Waals surface area contributed by atoms with Gasteiger partial charge < -0.3 is 19.9 Å². The predicted octanol–water partition coefficient (Wildman–Crippen LogP) is 1.96. The van der Waals surface area contributed by atoms with Crippen LogP contribution >= 0.6 is 0 Å². The van der Waals surface area contributed by atoms with Gasteiger partial charge in [0.25, 0.3) is 5.91 Å². The van der Waals surface area contributed by atoms with E-state index in [4.69, 9.17) is 9.47 Å². The summed E-state index contributed by atoms with van der Waals surface area (Å²) in [6.07, 6.45) is 5.59. The fourth-order valence-electron chi connectivity index (χ4n) is 3.96. The first-order valence-corrected chi connectivity index (χ1v) is 10.8.